The van der Waals surface area contributed by atoms with Crippen molar-refractivity contribution in [2.24, 2.45) is 0 Å². The van der Waals surface area contributed by atoms with Gasteiger partial charge in [-0.1, -0.05) is 24.8 Å². The number of benzene rings is 1. The van der Waals surface area contributed by atoms with E-state index in [1.807, 2.05) is 0 Å². The predicted octanol–water partition coefficient (Wildman–Crippen LogP) is 1.18. The Morgan fingerprint density at radius 2 is 2.00 bits per heavy atom. The summed E-state index contributed by atoms with van der Waals surface area (Å²) < 4.78 is 26.8. The second kappa shape index (κ2) is 6.49. The Morgan fingerprint density at radius 1 is 1.37 bits per heavy atom. The molecule has 0 aliphatic rings. The third-order valence-electron chi connectivity index (χ3n) is 2.29. The van der Waals surface area contributed by atoms with Crippen LogP contribution in [0.5, 0.6) is 0 Å². The van der Waals surface area contributed by atoms with Crippen LogP contribution in [0.4, 0.5) is 0 Å². The van der Waals surface area contributed by atoms with Crippen LogP contribution >= 0.6 is 0 Å². The van der Waals surface area contributed by atoms with Crippen LogP contribution in [0.25, 0.3) is 0 Å². The van der Waals surface area contributed by atoms with Crippen LogP contribution in [-0.2, 0) is 21.4 Å². The number of carbonyl (C=O) groups is 1. The van der Waals surface area contributed by atoms with E-state index < -0.39 is 10.0 Å². The Hall–Kier alpha value is -1.66. The SMILES string of the molecule is C=CC(=O)NCc1ccccc1S(=O)(=O)NC(C)C. The fraction of sp³-hybridized carbons (Fsp3) is 0.308. The van der Waals surface area contributed by atoms with Crippen LogP contribution in [0.15, 0.2) is 41.8 Å². The maximum Gasteiger partial charge on any atom is 0.243 e. The van der Waals surface area contributed by atoms with Gasteiger partial charge in [-0.2, -0.15) is 0 Å². The minimum atomic E-state index is -3.57. The summed E-state index contributed by atoms with van der Waals surface area (Å²) >= 11 is 0. The zero-order valence-electron chi connectivity index (χ0n) is 11.0. The molecule has 5 nitrogen and oxygen atoms in total. The van der Waals surface area contributed by atoms with E-state index in [9.17, 15) is 13.2 Å². The van der Waals surface area contributed by atoms with Crippen molar-refractivity contribution in [1.82, 2.24) is 10.0 Å². The molecule has 1 rings (SSSR count). The third-order valence-corrected chi connectivity index (χ3v) is 4.05. The molecular formula is C13H18N2O3S. The van der Waals surface area contributed by atoms with Gasteiger partial charge in [-0.15, -0.1) is 0 Å². The number of hydrogen-bond donors (Lipinski definition) is 2. The highest BCUT2D eigenvalue weighted by atomic mass is 32.2. The first-order valence-corrected chi connectivity index (χ1v) is 7.35. The molecule has 0 saturated heterocycles. The molecule has 0 saturated carbocycles. The van der Waals surface area contributed by atoms with Gasteiger partial charge in [0.15, 0.2) is 0 Å². The number of rotatable bonds is 6. The molecule has 1 amide bonds. The summed E-state index contributed by atoms with van der Waals surface area (Å²) in [6.07, 6.45) is 1.14. The monoisotopic (exact) mass is 282 g/mol. The predicted molar refractivity (Wildman–Crippen MR) is 73.9 cm³/mol. The molecule has 0 radical (unpaired) electrons. The molecule has 0 bridgehead atoms. The first-order chi connectivity index (χ1) is 8.86. The first-order valence-electron chi connectivity index (χ1n) is 5.87. The van der Waals surface area contributed by atoms with Gasteiger partial charge in [-0.05, 0) is 31.6 Å². The smallest absolute Gasteiger partial charge is 0.243 e. The molecule has 1 aromatic rings. The van der Waals surface area contributed by atoms with Crippen molar-refractivity contribution in [2.45, 2.75) is 31.3 Å². The van der Waals surface area contributed by atoms with E-state index in [4.69, 9.17) is 0 Å². The Kier molecular flexibility index (Phi) is 5.26. The molecule has 0 heterocycles. The minimum Gasteiger partial charge on any atom is -0.348 e. The molecule has 0 aliphatic carbocycles. The Balaban J connectivity index is 3.02. The van der Waals surface area contributed by atoms with Crippen molar-refractivity contribution >= 4 is 15.9 Å². The summed E-state index contributed by atoms with van der Waals surface area (Å²) in [5.41, 5.74) is 0.533. The number of sulfonamides is 1. The summed E-state index contributed by atoms with van der Waals surface area (Å²) in [5, 5.41) is 2.57. The van der Waals surface area contributed by atoms with Gasteiger partial charge in [0.25, 0.3) is 0 Å². The normalized spacial score (nSPS) is 11.3. The quantitative estimate of drug-likeness (QED) is 0.769. The molecular weight excluding hydrogens is 264 g/mol. The second-order valence-electron chi connectivity index (χ2n) is 4.31. The van der Waals surface area contributed by atoms with Gasteiger partial charge in [0, 0.05) is 12.6 Å². The van der Waals surface area contributed by atoms with Crippen molar-refractivity contribution < 1.29 is 13.2 Å². The third kappa shape index (κ3) is 4.50. The van der Waals surface area contributed by atoms with E-state index in [0.717, 1.165) is 6.08 Å². The molecule has 0 aromatic heterocycles. The van der Waals surface area contributed by atoms with E-state index in [0.29, 0.717) is 5.56 Å². The topological polar surface area (TPSA) is 75.3 Å². The van der Waals surface area contributed by atoms with Crippen LogP contribution < -0.4 is 10.0 Å². The lowest BCUT2D eigenvalue weighted by Gasteiger charge is -2.13. The standard InChI is InChI=1S/C13H18N2O3S/c1-4-13(16)14-9-11-7-5-6-8-12(11)19(17,18)15-10(2)3/h4-8,10,15H,1,9H2,2-3H3,(H,14,16). The molecule has 0 spiro atoms. The number of amides is 1. The molecule has 0 atom stereocenters. The van der Waals surface area contributed by atoms with Crippen molar-refractivity contribution in [1.29, 1.82) is 0 Å². The maximum atomic E-state index is 12.1. The van der Waals surface area contributed by atoms with Crippen LogP contribution in [-0.4, -0.2) is 20.4 Å². The lowest BCUT2D eigenvalue weighted by atomic mass is 10.2. The molecule has 0 fully saturated rings. The van der Waals surface area contributed by atoms with Gasteiger partial charge in [0.1, 0.15) is 0 Å². The van der Waals surface area contributed by atoms with Gasteiger partial charge in [-0.3, -0.25) is 4.79 Å². The number of hydrogen-bond acceptors (Lipinski definition) is 3. The van der Waals surface area contributed by atoms with Gasteiger partial charge in [0.05, 0.1) is 4.90 Å². The van der Waals surface area contributed by atoms with Gasteiger partial charge in [0.2, 0.25) is 15.9 Å². The van der Waals surface area contributed by atoms with Crippen molar-refractivity contribution in [2.75, 3.05) is 0 Å². The zero-order valence-corrected chi connectivity index (χ0v) is 11.8. The fourth-order valence-corrected chi connectivity index (χ4v) is 3.03. The van der Waals surface area contributed by atoms with Crippen molar-refractivity contribution in [3.63, 3.8) is 0 Å². The molecule has 104 valence electrons. The van der Waals surface area contributed by atoms with E-state index in [2.05, 4.69) is 16.6 Å². The van der Waals surface area contributed by atoms with Crippen LogP contribution in [0.2, 0.25) is 0 Å². The van der Waals surface area contributed by atoms with Crippen molar-refractivity contribution in [3.05, 3.63) is 42.5 Å². The fourth-order valence-electron chi connectivity index (χ4n) is 1.54. The minimum absolute atomic E-state index is 0.139. The van der Waals surface area contributed by atoms with Gasteiger partial charge >= 0.3 is 0 Å². The van der Waals surface area contributed by atoms with Crippen LogP contribution in [0, 0.1) is 0 Å². The molecule has 1 aromatic carbocycles. The Morgan fingerprint density at radius 3 is 2.58 bits per heavy atom. The Bertz CT molecular complexity index is 565. The van der Waals surface area contributed by atoms with E-state index in [1.54, 1.807) is 32.0 Å². The second-order valence-corrected chi connectivity index (χ2v) is 5.99. The molecule has 0 unspecified atom stereocenters. The lowest BCUT2D eigenvalue weighted by Crippen LogP contribution is -2.31. The molecule has 6 heteroatoms. The maximum absolute atomic E-state index is 12.1. The number of nitrogens with one attached hydrogen (secondary N) is 2. The van der Waals surface area contributed by atoms with Crippen molar-refractivity contribution in [3.8, 4) is 0 Å². The lowest BCUT2D eigenvalue weighted by molar-refractivity contribution is -0.116. The highest BCUT2D eigenvalue weighted by molar-refractivity contribution is 7.89. The summed E-state index contributed by atoms with van der Waals surface area (Å²) in [5.74, 6) is -0.344. The average molecular weight is 282 g/mol. The zero-order chi connectivity index (χ0) is 14.5. The van der Waals surface area contributed by atoms with Gasteiger partial charge in [-0.25, -0.2) is 13.1 Å². The van der Waals surface area contributed by atoms with Crippen LogP contribution in [0.3, 0.4) is 0 Å². The summed E-state index contributed by atoms with van der Waals surface area (Å²) in [6.45, 7) is 6.98. The largest absolute Gasteiger partial charge is 0.348 e. The van der Waals surface area contributed by atoms with Gasteiger partial charge < -0.3 is 5.32 Å². The van der Waals surface area contributed by atoms with E-state index in [1.165, 1.54) is 6.07 Å². The molecule has 2 N–H and O–H groups in total. The summed E-state index contributed by atoms with van der Waals surface area (Å²) in [4.78, 5) is 11.3. The summed E-state index contributed by atoms with van der Waals surface area (Å²) in [7, 11) is -3.57. The molecule has 19 heavy (non-hydrogen) atoms. The molecule has 0 aliphatic heterocycles. The average Bonchev–Trinajstić information content (AvgIpc) is 2.34. The van der Waals surface area contributed by atoms with Crippen LogP contribution in [0.1, 0.15) is 19.4 Å². The first kappa shape index (κ1) is 15.4. The van der Waals surface area contributed by atoms with E-state index >= 15 is 0 Å². The number of carbonyl (C=O) groups excluding carboxylic acids is 1. The highest BCUT2D eigenvalue weighted by Crippen LogP contribution is 2.15. The highest BCUT2D eigenvalue weighted by Gasteiger charge is 2.18. The van der Waals surface area contributed by atoms with E-state index in [-0.39, 0.29) is 23.4 Å². The Labute approximate surface area is 113 Å². The summed E-state index contributed by atoms with van der Waals surface area (Å²) in [6, 6.07) is 6.36.